The van der Waals surface area contributed by atoms with Gasteiger partial charge in [-0.15, -0.1) is 0 Å². The van der Waals surface area contributed by atoms with Crippen LogP contribution in [0.4, 0.5) is 11.9 Å². The minimum atomic E-state index is 0.153. The molecule has 1 aromatic rings. The summed E-state index contributed by atoms with van der Waals surface area (Å²) in [5, 5.41) is 3.13. The molecule has 0 aromatic carbocycles. The molecule has 1 rings (SSSR count). The third-order valence-corrected chi connectivity index (χ3v) is 2.17. The molecule has 0 aliphatic carbocycles. The number of rotatable bonds is 4. The number of nitrogens with two attached hydrogens (primary N) is 1. The molecule has 1 aromatic heterocycles. The van der Waals surface area contributed by atoms with Gasteiger partial charge in [0, 0.05) is 6.04 Å². The van der Waals surface area contributed by atoms with Gasteiger partial charge in [0.05, 0.1) is 7.11 Å². The zero-order chi connectivity index (χ0) is 11.4. The van der Waals surface area contributed by atoms with Crippen LogP contribution in [0.2, 0.25) is 0 Å². The largest absolute Gasteiger partial charge is 0.467 e. The van der Waals surface area contributed by atoms with Crippen molar-refractivity contribution < 1.29 is 4.74 Å². The van der Waals surface area contributed by atoms with Crippen LogP contribution in [0.15, 0.2) is 0 Å². The van der Waals surface area contributed by atoms with Gasteiger partial charge >= 0.3 is 6.01 Å². The number of nitrogens with one attached hydrogen (secondary N) is 1. The first kappa shape index (κ1) is 11.5. The maximum Gasteiger partial charge on any atom is 0.322 e. The molecule has 6 nitrogen and oxygen atoms in total. The predicted octanol–water partition coefficient (Wildman–Crippen LogP) is 0.919. The van der Waals surface area contributed by atoms with E-state index in [9.17, 15) is 0 Å². The van der Waals surface area contributed by atoms with E-state index in [2.05, 4.69) is 41.0 Å². The number of methoxy groups -OCH3 is 1. The lowest BCUT2D eigenvalue weighted by molar-refractivity contribution is 0.379. The summed E-state index contributed by atoms with van der Waals surface area (Å²) in [5.74, 6) is 1.08. The van der Waals surface area contributed by atoms with E-state index in [1.54, 1.807) is 0 Å². The maximum absolute atomic E-state index is 5.50. The molecular formula is C9H17N5O. The van der Waals surface area contributed by atoms with E-state index in [1.807, 2.05) is 0 Å². The summed E-state index contributed by atoms with van der Waals surface area (Å²) >= 11 is 0. The van der Waals surface area contributed by atoms with Crippen molar-refractivity contribution in [2.24, 2.45) is 5.92 Å². The molecule has 0 saturated heterocycles. The van der Waals surface area contributed by atoms with Gasteiger partial charge in [0.1, 0.15) is 0 Å². The summed E-state index contributed by atoms with van der Waals surface area (Å²) in [7, 11) is 1.49. The van der Waals surface area contributed by atoms with Crippen molar-refractivity contribution in [1.82, 2.24) is 15.0 Å². The van der Waals surface area contributed by atoms with Gasteiger partial charge in [-0.25, -0.2) is 0 Å². The van der Waals surface area contributed by atoms with Gasteiger partial charge in [-0.3, -0.25) is 0 Å². The maximum atomic E-state index is 5.50. The number of ether oxygens (including phenoxy) is 1. The number of anilines is 2. The molecule has 0 aliphatic heterocycles. The van der Waals surface area contributed by atoms with Crippen molar-refractivity contribution in [3.05, 3.63) is 0 Å². The second-order valence-electron chi connectivity index (χ2n) is 3.68. The zero-order valence-corrected chi connectivity index (χ0v) is 9.48. The second kappa shape index (κ2) is 4.77. The fourth-order valence-corrected chi connectivity index (χ4v) is 0.898. The Labute approximate surface area is 89.3 Å². The highest BCUT2D eigenvalue weighted by Crippen LogP contribution is 2.11. The van der Waals surface area contributed by atoms with Crippen molar-refractivity contribution in [1.29, 1.82) is 0 Å². The average molecular weight is 211 g/mol. The Morgan fingerprint density at radius 3 is 2.40 bits per heavy atom. The van der Waals surface area contributed by atoms with E-state index in [0.29, 0.717) is 11.9 Å². The van der Waals surface area contributed by atoms with Crippen molar-refractivity contribution >= 4 is 11.9 Å². The average Bonchev–Trinajstić information content (AvgIpc) is 2.16. The van der Waals surface area contributed by atoms with Crippen LogP contribution in [0.25, 0.3) is 0 Å². The van der Waals surface area contributed by atoms with Gasteiger partial charge in [-0.2, -0.15) is 15.0 Å². The fraction of sp³-hybridized carbons (Fsp3) is 0.667. The number of hydrogen-bond acceptors (Lipinski definition) is 6. The van der Waals surface area contributed by atoms with Gasteiger partial charge in [-0.1, -0.05) is 13.8 Å². The van der Waals surface area contributed by atoms with E-state index >= 15 is 0 Å². The Morgan fingerprint density at radius 2 is 1.87 bits per heavy atom. The van der Waals surface area contributed by atoms with Crippen molar-refractivity contribution in [2.45, 2.75) is 26.8 Å². The first-order valence-corrected chi connectivity index (χ1v) is 4.85. The molecule has 84 valence electrons. The molecule has 0 radical (unpaired) electrons. The van der Waals surface area contributed by atoms with E-state index in [-0.39, 0.29) is 18.0 Å². The fourth-order valence-electron chi connectivity index (χ4n) is 0.898. The molecule has 0 aliphatic rings. The molecule has 15 heavy (non-hydrogen) atoms. The minimum absolute atomic E-state index is 0.153. The van der Waals surface area contributed by atoms with Crippen LogP contribution in [-0.4, -0.2) is 28.1 Å². The Bertz CT molecular complexity index is 328. The molecule has 0 saturated carbocycles. The van der Waals surface area contributed by atoms with Crippen molar-refractivity contribution in [3.63, 3.8) is 0 Å². The van der Waals surface area contributed by atoms with Crippen LogP contribution in [0.1, 0.15) is 20.8 Å². The van der Waals surface area contributed by atoms with E-state index in [1.165, 1.54) is 7.11 Å². The Hall–Kier alpha value is -1.59. The van der Waals surface area contributed by atoms with Crippen LogP contribution >= 0.6 is 0 Å². The Kier molecular flexibility index (Phi) is 3.65. The standard InChI is InChI=1S/C9H17N5O/c1-5(2)6(3)11-8-12-7(10)13-9(14-8)15-4/h5-6H,1-4H3,(H3,10,11,12,13,14). The summed E-state index contributed by atoms with van der Waals surface area (Å²) < 4.78 is 4.90. The first-order valence-electron chi connectivity index (χ1n) is 4.85. The molecule has 1 atom stereocenters. The number of nitrogens with zero attached hydrogens (tertiary/aromatic N) is 3. The smallest absolute Gasteiger partial charge is 0.322 e. The highest BCUT2D eigenvalue weighted by Gasteiger charge is 2.10. The van der Waals surface area contributed by atoms with Gasteiger partial charge in [0.25, 0.3) is 0 Å². The summed E-state index contributed by atoms with van der Waals surface area (Å²) in [6.07, 6.45) is 0. The quantitative estimate of drug-likeness (QED) is 0.770. The molecule has 1 unspecified atom stereocenters. The second-order valence-corrected chi connectivity index (χ2v) is 3.68. The highest BCUT2D eigenvalue weighted by molar-refractivity contribution is 5.33. The number of hydrogen-bond donors (Lipinski definition) is 2. The SMILES string of the molecule is COc1nc(N)nc(NC(C)C(C)C)n1. The Balaban J connectivity index is 2.80. The Morgan fingerprint density at radius 1 is 1.20 bits per heavy atom. The normalized spacial score (nSPS) is 12.6. The molecule has 1 heterocycles. The third kappa shape index (κ3) is 3.23. The monoisotopic (exact) mass is 211 g/mol. The topological polar surface area (TPSA) is 86.0 Å². The van der Waals surface area contributed by atoms with Gasteiger partial charge in [-0.05, 0) is 12.8 Å². The van der Waals surface area contributed by atoms with Crippen LogP contribution in [0.5, 0.6) is 6.01 Å². The molecule has 6 heteroatoms. The summed E-state index contributed by atoms with van der Waals surface area (Å²) in [5.41, 5.74) is 5.50. The predicted molar refractivity (Wildman–Crippen MR) is 58.7 cm³/mol. The van der Waals surface area contributed by atoms with Crippen molar-refractivity contribution in [3.8, 4) is 6.01 Å². The molecular weight excluding hydrogens is 194 g/mol. The number of aromatic nitrogens is 3. The summed E-state index contributed by atoms with van der Waals surface area (Å²) in [6.45, 7) is 6.27. The van der Waals surface area contributed by atoms with Crippen LogP contribution in [0, 0.1) is 5.92 Å². The van der Waals surface area contributed by atoms with E-state index in [4.69, 9.17) is 10.5 Å². The van der Waals surface area contributed by atoms with Gasteiger partial charge in [0.2, 0.25) is 11.9 Å². The van der Waals surface area contributed by atoms with Crippen molar-refractivity contribution in [2.75, 3.05) is 18.2 Å². The number of nitrogen functional groups attached to an aromatic ring is 1. The zero-order valence-electron chi connectivity index (χ0n) is 9.48. The highest BCUT2D eigenvalue weighted by atomic mass is 16.5. The minimum Gasteiger partial charge on any atom is -0.467 e. The molecule has 0 amide bonds. The molecule has 0 fully saturated rings. The first-order chi connectivity index (χ1) is 7.02. The lowest BCUT2D eigenvalue weighted by atomic mass is 10.1. The van der Waals surface area contributed by atoms with Gasteiger partial charge in [0.15, 0.2) is 0 Å². The molecule has 3 N–H and O–H groups in total. The van der Waals surface area contributed by atoms with E-state index < -0.39 is 0 Å². The summed E-state index contributed by atoms with van der Waals surface area (Å²) in [6, 6.07) is 0.484. The molecule has 0 spiro atoms. The van der Waals surface area contributed by atoms with Crippen LogP contribution in [0.3, 0.4) is 0 Å². The third-order valence-electron chi connectivity index (χ3n) is 2.17. The van der Waals surface area contributed by atoms with Crippen LogP contribution < -0.4 is 15.8 Å². The van der Waals surface area contributed by atoms with E-state index in [0.717, 1.165) is 0 Å². The lowest BCUT2D eigenvalue weighted by Crippen LogP contribution is -2.23. The lowest BCUT2D eigenvalue weighted by Gasteiger charge is -2.17. The summed E-state index contributed by atoms with van der Waals surface area (Å²) in [4.78, 5) is 11.8. The van der Waals surface area contributed by atoms with Gasteiger partial charge < -0.3 is 15.8 Å². The molecule has 0 bridgehead atoms. The van der Waals surface area contributed by atoms with Crippen LogP contribution in [-0.2, 0) is 0 Å².